The largest absolute Gasteiger partial charge is 0.395 e. The van der Waals surface area contributed by atoms with Crippen molar-refractivity contribution in [3.8, 4) is 0 Å². The summed E-state index contributed by atoms with van der Waals surface area (Å²) >= 11 is 0. The fraction of sp³-hybridized carbons (Fsp3) is 1.00. The number of likely N-dealkylation sites (N-methyl/N-ethyl adjacent to an activating group) is 1. The lowest BCUT2D eigenvalue weighted by atomic mass is 10.0. The van der Waals surface area contributed by atoms with Gasteiger partial charge in [0.25, 0.3) is 0 Å². The summed E-state index contributed by atoms with van der Waals surface area (Å²) < 4.78 is 5.87. The molecule has 0 radical (unpaired) electrons. The predicted octanol–water partition coefficient (Wildman–Crippen LogP) is 13.1. The lowest BCUT2D eigenvalue weighted by Gasteiger charge is -2.06. The van der Waals surface area contributed by atoms with E-state index in [9.17, 15) is 0 Å². The van der Waals surface area contributed by atoms with Crippen molar-refractivity contribution < 1.29 is 9.84 Å². The summed E-state index contributed by atoms with van der Waals surface area (Å²) in [6.45, 7) is 10.5. The Morgan fingerprint density at radius 3 is 0.767 bits per heavy atom. The van der Waals surface area contributed by atoms with E-state index in [1.807, 2.05) is 6.92 Å². The second-order valence-corrected chi connectivity index (χ2v) is 13.3. The summed E-state index contributed by atoms with van der Waals surface area (Å²) in [6.07, 6.45) is 46.0. The van der Waals surface area contributed by atoms with Gasteiger partial charge >= 0.3 is 0 Å². The van der Waals surface area contributed by atoms with E-state index in [-0.39, 0.29) is 6.61 Å². The SMILES string of the molecule is CCCCCCCCCCCCCCCCCCOCCCCCCCCCCCCCCCCCC.CCNCCO. The normalized spacial score (nSPS) is 11.2. The van der Waals surface area contributed by atoms with Crippen LogP contribution in [0.1, 0.15) is 226 Å². The van der Waals surface area contributed by atoms with Crippen LogP contribution in [0, 0.1) is 0 Å². The molecule has 0 aromatic heterocycles. The molecule has 0 aliphatic carbocycles. The Kier molecular flexibility index (Phi) is 48.5. The van der Waals surface area contributed by atoms with Crippen molar-refractivity contribution >= 4 is 0 Å². The second-order valence-electron chi connectivity index (χ2n) is 13.3. The smallest absolute Gasteiger partial charge is 0.0555 e. The number of aliphatic hydroxyl groups is 1. The molecule has 0 heterocycles. The Bertz CT molecular complexity index is 393. The molecular formula is C40H85NO2. The van der Waals surface area contributed by atoms with E-state index in [1.54, 1.807) is 0 Å². The van der Waals surface area contributed by atoms with Crippen LogP contribution in [-0.4, -0.2) is 38.0 Å². The van der Waals surface area contributed by atoms with Crippen molar-refractivity contribution in [1.29, 1.82) is 0 Å². The van der Waals surface area contributed by atoms with Gasteiger partial charge in [0.05, 0.1) is 6.61 Å². The van der Waals surface area contributed by atoms with Gasteiger partial charge in [-0.1, -0.05) is 213 Å². The Hall–Kier alpha value is -0.120. The van der Waals surface area contributed by atoms with Crippen LogP contribution in [-0.2, 0) is 4.74 Å². The molecule has 0 aromatic rings. The van der Waals surface area contributed by atoms with Crippen molar-refractivity contribution in [3.05, 3.63) is 0 Å². The van der Waals surface area contributed by atoms with Crippen LogP contribution in [0.3, 0.4) is 0 Å². The fourth-order valence-electron chi connectivity index (χ4n) is 5.86. The van der Waals surface area contributed by atoms with Gasteiger partial charge in [-0.3, -0.25) is 0 Å². The first-order chi connectivity index (χ1) is 21.3. The highest BCUT2D eigenvalue weighted by atomic mass is 16.5. The van der Waals surface area contributed by atoms with Crippen molar-refractivity contribution in [2.75, 3.05) is 32.9 Å². The topological polar surface area (TPSA) is 41.5 Å². The maximum Gasteiger partial charge on any atom is 0.0555 e. The van der Waals surface area contributed by atoms with Crippen LogP contribution < -0.4 is 5.32 Å². The molecule has 0 rings (SSSR count). The van der Waals surface area contributed by atoms with Gasteiger partial charge in [-0.2, -0.15) is 0 Å². The zero-order valence-corrected chi connectivity index (χ0v) is 30.5. The van der Waals surface area contributed by atoms with Gasteiger partial charge in [0, 0.05) is 19.8 Å². The van der Waals surface area contributed by atoms with Crippen LogP contribution in [0.15, 0.2) is 0 Å². The quantitative estimate of drug-likeness (QED) is 0.0687. The molecule has 0 fully saturated rings. The molecule has 262 valence electrons. The maximum absolute atomic E-state index is 8.13. The van der Waals surface area contributed by atoms with Crippen molar-refractivity contribution in [1.82, 2.24) is 5.32 Å². The molecular weight excluding hydrogens is 526 g/mol. The Balaban J connectivity index is 0. The number of nitrogens with one attached hydrogen (secondary N) is 1. The van der Waals surface area contributed by atoms with Gasteiger partial charge in [0.15, 0.2) is 0 Å². The van der Waals surface area contributed by atoms with Crippen molar-refractivity contribution in [3.63, 3.8) is 0 Å². The molecule has 0 aliphatic heterocycles. The number of ether oxygens (including phenoxy) is 1. The summed E-state index contributed by atoms with van der Waals surface area (Å²) in [5.74, 6) is 0. The Labute approximate surface area is 273 Å². The lowest BCUT2D eigenvalue weighted by molar-refractivity contribution is 0.125. The lowest BCUT2D eigenvalue weighted by Crippen LogP contribution is -2.16. The van der Waals surface area contributed by atoms with Crippen LogP contribution in [0.4, 0.5) is 0 Å². The summed E-state index contributed by atoms with van der Waals surface area (Å²) in [7, 11) is 0. The Morgan fingerprint density at radius 2 is 0.581 bits per heavy atom. The van der Waals surface area contributed by atoms with Crippen molar-refractivity contribution in [2.45, 2.75) is 226 Å². The fourth-order valence-corrected chi connectivity index (χ4v) is 5.86. The van der Waals surface area contributed by atoms with Gasteiger partial charge < -0.3 is 15.2 Å². The molecule has 0 aliphatic rings. The third-order valence-corrected chi connectivity index (χ3v) is 8.82. The van der Waals surface area contributed by atoms with Gasteiger partial charge in [-0.05, 0) is 19.4 Å². The van der Waals surface area contributed by atoms with Crippen LogP contribution in [0.5, 0.6) is 0 Å². The molecule has 3 heteroatoms. The molecule has 0 saturated heterocycles. The van der Waals surface area contributed by atoms with Crippen LogP contribution in [0.25, 0.3) is 0 Å². The van der Waals surface area contributed by atoms with E-state index >= 15 is 0 Å². The van der Waals surface area contributed by atoms with E-state index in [4.69, 9.17) is 9.84 Å². The highest BCUT2D eigenvalue weighted by molar-refractivity contribution is 4.52. The molecule has 43 heavy (non-hydrogen) atoms. The number of rotatable bonds is 37. The minimum Gasteiger partial charge on any atom is -0.395 e. The Morgan fingerprint density at radius 1 is 0.349 bits per heavy atom. The zero-order chi connectivity index (χ0) is 31.6. The van der Waals surface area contributed by atoms with E-state index < -0.39 is 0 Å². The number of unbranched alkanes of at least 4 members (excludes halogenated alkanes) is 30. The minimum atomic E-state index is 0.244. The highest BCUT2D eigenvalue weighted by Crippen LogP contribution is 2.15. The third kappa shape index (κ3) is 49.0. The maximum atomic E-state index is 8.13. The highest BCUT2D eigenvalue weighted by Gasteiger charge is 1.97. The van der Waals surface area contributed by atoms with E-state index in [1.165, 1.54) is 205 Å². The molecule has 0 spiro atoms. The van der Waals surface area contributed by atoms with Gasteiger partial charge in [0.2, 0.25) is 0 Å². The van der Waals surface area contributed by atoms with E-state index in [2.05, 4.69) is 19.2 Å². The molecule has 0 unspecified atom stereocenters. The summed E-state index contributed by atoms with van der Waals surface area (Å²) in [5.41, 5.74) is 0. The first-order valence-electron chi connectivity index (χ1n) is 20.2. The monoisotopic (exact) mass is 612 g/mol. The molecule has 0 saturated carbocycles. The van der Waals surface area contributed by atoms with Gasteiger partial charge in [-0.25, -0.2) is 0 Å². The standard InChI is InChI=1S/C36H74O.C4H11NO/c1-3-5-7-9-11-13-15-17-19-21-23-25-27-29-31-33-35-37-36-34-32-30-28-26-24-22-20-18-16-14-12-10-8-6-4-2;1-2-5-3-4-6/h3-36H2,1-2H3;5-6H,2-4H2,1H3. The molecule has 2 N–H and O–H groups in total. The first-order valence-corrected chi connectivity index (χ1v) is 20.2. The van der Waals surface area contributed by atoms with Crippen molar-refractivity contribution in [2.24, 2.45) is 0 Å². The number of hydrogen-bond acceptors (Lipinski definition) is 3. The number of aliphatic hydroxyl groups excluding tert-OH is 1. The molecule has 0 aromatic carbocycles. The molecule has 0 atom stereocenters. The summed E-state index contributed by atoms with van der Waals surface area (Å²) in [6, 6.07) is 0. The predicted molar refractivity (Wildman–Crippen MR) is 196 cm³/mol. The zero-order valence-electron chi connectivity index (χ0n) is 30.5. The second kappa shape index (κ2) is 46.3. The summed E-state index contributed by atoms with van der Waals surface area (Å²) in [4.78, 5) is 0. The number of hydrogen-bond donors (Lipinski definition) is 2. The van der Waals surface area contributed by atoms with Gasteiger partial charge in [0.1, 0.15) is 0 Å². The molecule has 0 amide bonds. The third-order valence-electron chi connectivity index (χ3n) is 8.82. The van der Waals surface area contributed by atoms with E-state index in [0.717, 1.165) is 26.3 Å². The van der Waals surface area contributed by atoms with E-state index in [0.29, 0.717) is 0 Å². The molecule has 3 nitrogen and oxygen atoms in total. The van der Waals surface area contributed by atoms with Crippen LogP contribution >= 0.6 is 0 Å². The van der Waals surface area contributed by atoms with Gasteiger partial charge in [-0.15, -0.1) is 0 Å². The summed E-state index contributed by atoms with van der Waals surface area (Å²) in [5, 5.41) is 11.1. The van der Waals surface area contributed by atoms with Crippen LogP contribution in [0.2, 0.25) is 0 Å². The molecule has 0 bridgehead atoms. The average molecular weight is 612 g/mol. The average Bonchev–Trinajstić information content (AvgIpc) is 3.02. The minimum absolute atomic E-state index is 0.244. The first kappa shape index (κ1) is 45.0.